The first-order valence-corrected chi connectivity index (χ1v) is 3.40. The fraction of sp³-hybridized carbons (Fsp3) is 0.333. The van der Waals surface area contributed by atoms with Gasteiger partial charge in [0.1, 0.15) is 5.83 Å². The minimum absolute atomic E-state index is 0.893. The summed E-state index contributed by atoms with van der Waals surface area (Å²) in [4.78, 5) is 0. The van der Waals surface area contributed by atoms with Crippen LogP contribution >= 0.6 is 15.9 Å². The Morgan fingerprint density at radius 2 is 2.20 bits per heavy atom. The molecule has 0 spiro atoms. The average Bonchev–Trinajstić information content (AvgIpc) is 1.83. The van der Waals surface area contributed by atoms with Gasteiger partial charge < -0.3 is 0 Å². The largest absolute Gasteiger partial charge is 0.235 e. The number of halogens is 4. The second kappa shape index (κ2) is 2.42. The molecule has 0 aromatic carbocycles. The zero-order valence-corrected chi connectivity index (χ0v) is 6.41. The van der Waals surface area contributed by atoms with Crippen LogP contribution in [0.15, 0.2) is 24.1 Å². The Labute approximate surface area is 64.5 Å². The molecule has 2 atom stereocenters. The fourth-order valence-corrected chi connectivity index (χ4v) is 0.992. The highest BCUT2D eigenvalue weighted by Gasteiger charge is 2.39. The lowest BCUT2D eigenvalue weighted by Gasteiger charge is -2.19. The van der Waals surface area contributed by atoms with Gasteiger partial charge in [-0.15, -0.1) is 0 Å². The van der Waals surface area contributed by atoms with Crippen LogP contribution in [0.4, 0.5) is 13.2 Å². The quantitative estimate of drug-likeness (QED) is 0.542. The van der Waals surface area contributed by atoms with E-state index in [9.17, 15) is 13.2 Å². The molecule has 0 fully saturated rings. The first kappa shape index (κ1) is 7.85. The lowest BCUT2D eigenvalue weighted by Crippen LogP contribution is -2.27. The van der Waals surface area contributed by atoms with Gasteiger partial charge in [0.05, 0.1) is 0 Å². The van der Waals surface area contributed by atoms with Gasteiger partial charge in [0, 0.05) is 0 Å². The standard InChI is InChI=1S/C6H4BrF3/c7-6(10)3-1-2-4(8)5(6)9/h1-3,5H. The summed E-state index contributed by atoms with van der Waals surface area (Å²) in [7, 11) is 0. The predicted molar refractivity (Wildman–Crippen MR) is 36.0 cm³/mol. The Bertz CT molecular complexity index is 195. The van der Waals surface area contributed by atoms with E-state index in [0.29, 0.717) is 0 Å². The maximum atomic E-state index is 12.7. The molecule has 0 bridgehead atoms. The molecule has 0 saturated carbocycles. The molecular weight excluding hydrogens is 209 g/mol. The van der Waals surface area contributed by atoms with Crippen molar-refractivity contribution >= 4 is 15.9 Å². The molecule has 4 heteroatoms. The molecule has 0 aromatic heterocycles. The first-order chi connectivity index (χ1) is 4.54. The minimum atomic E-state index is -2.37. The van der Waals surface area contributed by atoms with Crippen molar-refractivity contribution in [1.82, 2.24) is 0 Å². The molecule has 0 nitrogen and oxygen atoms in total. The molecule has 0 aromatic rings. The zero-order valence-electron chi connectivity index (χ0n) is 4.82. The van der Waals surface area contributed by atoms with Gasteiger partial charge in [-0.25, -0.2) is 13.2 Å². The highest BCUT2D eigenvalue weighted by molar-refractivity contribution is 9.10. The molecule has 0 heterocycles. The minimum Gasteiger partial charge on any atom is -0.235 e. The predicted octanol–water partition coefficient (Wildman–Crippen LogP) is 2.81. The summed E-state index contributed by atoms with van der Waals surface area (Å²) in [5.41, 5.74) is 0. The van der Waals surface area contributed by atoms with Crippen molar-refractivity contribution in [3.8, 4) is 0 Å². The molecule has 0 saturated heterocycles. The summed E-state index contributed by atoms with van der Waals surface area (Å²) in [5, 5.41) is 0. The lowest BCUT2D eigenvalue weighted by atomic mass is 10.1. The summed E-state index contributed by atoms with van der Waals surface area (Å²) in [6.07, 6.45) is 0.711. The molecule has 0 N–H and O–H groups in total. The van der Waals surface area contributed by atoms with E-state index in [2.05, 4.69) is 15.9 Å². The summed E-state index contributed by atoms with van der Waals surface area (Å²) >= 11 is 2.39. The Morgan fingerprint density at radius 1 is 1.60 bits per heavy atom. The van der Waals surface area contributed by atoms with Gasteiger partial charge >= 0.3 is 0 Å². The van der Waals surface area contributed by atoms with E-state index in [1.165, 1.54) is 0 Å². The second-order valence-electron chi connectivity index (χ2n) is 1.95. The SMILES string of the molecule is FC1=CC=CC(F)(Br)C1F. The van der Waals surface area contributed by atoms with Crippen LogP contribution in [0, 0.1) is 0 Å². The van der Waals surface area contributed by atoms with Crippen molar-refractivity contribution < 1.29 is 13.2 Å². The number of hydrogen-bond donors (Lipinski definition) is 0. The Kier molecular flexibility index (Phi) is 1.90. The van der Waals surface area contributed by atoms with E-state index in [1.807, 2.05) is 0 Å². The maximum Gasteiger partial charge on any atom is 0.220 e. The van der Waals surface area contributed by atoms with E-state index in [4.69, 9.17) is 0 Å². The fourth-order valence-electron chi connectivity index (χ4n) is 0.621. The van der Waals surface area contributed by atoms with Crippen LogP contribution < -0.4 is 0 Å². The first-order valence-electron chi connectivity index (χ1n) is 2.61. The molecule has 1 aliphatic carbocycles. The van der Waals surface area contributed by atoms with Crippen LogP contribution in [0.3, 0.4) is 0 Å². The zero-order chi connectivity index (χ0) is 7.78. The second-order valence-corrected chi connectivity index (χ2v) is 3.16. The van der Waals surface area contributed by atoms with E-state index >= 15 is 0 Å². The van der Waals surface area contributed by atoms with Crippen LogP contribution in [-0.2, 0) is 0 Å². The van der Waals surface area contributed by atoms with Crippen molar-refractivity contribution in [3.63, 3.8) is 0 Å². The van der Waals surface area contributed by atoms with Crippen LogP contribution in [0.1, 0.15) is 0 Å². The summed E-state index contributed by atoms with van der Waals surface area (Å²) < 4.78 is 35.0. The number of rotatable bonds is 0. The van der Waals surface area contributed by atoms with E-state index in [-0.39, 0.29) is 0 Å². The number of hydrogen-bond acceptors (Lipinski definition) is 0. The summed E-state index contributed by atoms with van der Waals surface area (Å²) in [6.45, 7) is 0. The lowest BCUT2D eigenvalue weighted by molar-refractivity contribution is 0.185. The maximum absolute atomic E-state index is 12.7. The van der Waals surface area contributed by atoms with Gasteiger partial charge in [0.25, 0.3) is 0 Å². The Balaban J connectivity index is 2.89. The van der Waals surface area contributed by atoms with Crippen molar-refractivity contribution in [1.29, 1.82) is 0 Å². The molecule has 0 radical (unpaired) electrons. The third kappa shape index (κ3) is 1.26. The topological polar surface area (TPSA) is 0 Å². The Morgan fingerprint density at radius 3 is 2.60 bits per heavy atom. The highest BCUT2D eigenvalue weighted by Crippen LogP contribution is 2.35. The van der Waals surface area contributed by atoms with Gasteiger partial charge in [-0.1, -0.05) is 6.08 Å². The van der Waals surface area contributed by atoms with Gasteiger partial charge in [-0.2, -0.15) is 0 Å². The smallest absolute Gasteiger partial charge is 0.220 e. The van der Waals surface area contributed by atoms with Crippen LogP contribution in [-0.4, -0.2) is 10.7 Å². The van der Waals surface area contributed by atoms with Crippen molar-refractivity contribution in [2.75, 3.05) is 0 Å². The van der Waals surface area contributed by atoms with Crippen molar-refractivity contribution in [3.05, 3.63) is 24.1 Å². The van der Waals surface area contributed by atoms with E-state index < -0.39 is 16.6 Å². The number of alkyl halides is 3. The molecule has 10 heavy (non-hydrogen) atoms. The summed E-state index contributed by atoms with van der Waals surface area (Å²) in [5.74, 6) is -1.10. The van der Waals surface area contributed by atoms with Gasteiger partial charge in [0.15, 0.2) is 6.17 Å². The van der Waals surface area contributed by atoms with E-state index in [1.54, 1.807) is 0 Å². The van der Waals surface area contributed by atoms with Gasteiger partial charge in [-0.3, -0.25) is 0 Å². The molecule has 0 aliphatic heterocycles. The van der Waals surface area contributed by atoms with Crippen molar-refractivity contribution in [2.24, 2.45) is 0 Å². The molecule has 56 valence electrons. The molecule has 1 aliphatic rings. The normalized spacial score (nSPS) is 39.6. The highest BCUT2D eigenvalue weighted by atomic mass is 79.9. The van der Waals surface area contributed by atoms with Gasteiger partial charge in [0.2, 0.25) is 4.58 Å². The Hall–Kier alpha value is -0.250. The molecule has 0 amide bonds. The third-order valence-electron chi connectivity index (χ3n) is 1.15. The molecular formula is C6H4BrF3. The third-order valence-corrected chi connectivity index (χ3v) is 1.82. The van der Waals surface area contributed by atoms with Gasteiger partial charge in [-0.05, 0) is 28.1 Å². The monoisotopic (exact) mass is 212 g/mol. The van der Waals surface area contributed by atoms with Crippen molar-refractivity contribution in [2.45, 2.75) is 10.7 Å². The molecule has 2 unspecified atom stereocenters. The van der Waals surface area contributed by atoms with Crippen LogP contribution in [0.5, 0.6) is 0 Å². The average molecular weight is 213 g/mol. The molecule has 1 rings (SSSR count). The summed E-state index contributed by atoms with van der Waals surface area (Å²) in [6, 6.07) is 0. The van der Waals surface area contributed by atoms with E-state index in [0.717, 1.165) is 18.2 Å². The van der Waals surface area contributed by atoms with Crippen LogP contribution in [0.25, 0.3) is 0 Å². The van der Waals surface area contributed by atoms with Crippen LogP contribution in [0.2, 0.25) is 0 Å². The number of allylic oxidation sites excluding steroid dienone is 4.